The van der Waals surface area contributed by atoms with Gasteiger partial charge >= 0.3 is 0 Å². The maximum atomic E-state index is 4.35. The Hall–Kier alpha value is -0.860. The Morgan fingerprint density at radius 1 is 1.27 bits per heavy atom. The number of aliphatic imine (C=N–C) groups is 1. The molecule has 2 rings (SSSR count). The Labute approximate surface area is 92.3 Å². The summed E-state index contributed by atoms with van der Waals surface area (Å²) in [6.45, 7) is 5.85. The number of rotatable bonds is 0. The number of hydrogen-bond acceptors (Lipinski definition) is 3. The van der Waals surface area contributed by atoms with Crippen molar-refractivity contribution >= 4 is 12.6 Å². The third kappa shape index (κ3) is 2.80. The smallest absolute Gasteiger partial charge is 0.135 e. The van der Waals surface area contributed by atoms with E-state index in [-0.39, 0.29) is 0 Å². The molecule has 2 aliphatic rings. The van der Waals surface area contributed by atoms with E-state index in [0.717, 1.165) is 6.54 Å². The molecule has 15 heavy (non-hydrogen) atoms. The van der Waals surface area contributed by atoms with Crippen LogP contribution in [0.15, 0.2) is 10.1 Å². The molecule has 0 aromatic carbocycles. The van der Waals surface area contributed by atoms with Gasteiger partial charge < -0.3 is 0 Å². The van der Waals surface area contributed by atoms with Crippen LogP contribution in [0.3, 0.4) is 0 Å². The maximum Gasteiger partial charge on any atom is 0.135 e. The summed E-state index contributed by atoms with van der Waals surface area (Å²) in [5, 5.41) is 6.56. The maximum absolute atomic E-state index is 4.35. The van der Waals surface area contributed by atoms with Gasteiger partial charge in [-0.05, 0) is 31.1 Å². The average molecular weight is 207 g/mol. The summed E-state index contributed by atoms with van der Waals surface area (Å²) in [7, 11) is 0. The molecular weight excluding hydrogens is 186 g/mol. The quantitative estimate of drug-likeness (QED) is 0.600. The second-order valence-corrected chi connectivity index (χ2v) is 5.42. The molecular formula is C12H21N3. The molecule has 1 atom stereocenters. The van der Waals surface area contributed by atoms with Gasteiger partial charge in [0.1, 0.15) is 6.34 Å². The predicted molar refractivity (Wildman–Crippen MR) is 64.3 cm³/mol. The van der Waals surface area contributed by atoms with Gasteiger partial charge in [-0.3, -0.25) is 5.01 Å². The number of fused-ring (bicyclic) bond motifs is 1. The molecule has 0 radical (unpaired) electrons. The molecule has 0 N–H and O–H groups in total. The number of hydrogen-bond donors (Lipinski definition) is 0. The number of hydrazone groups is 1. The van der Waals surface area contributed by atoms with Crippen LogP contribution in [0.25, 0.3) is 0 Å². The van der Waals surface area contributed by atoms with Gasteiger partial charge in [0.05, 0.1) is 6.04 Å². The molecule has 1 fully saturated rings. The van der Waals surface area contributed by atoms with E-state index >= 15 is 0 Å². The highest BCUT2D eigenvalue weighted by Gasteiger charge is 2.23. The zero-order valence-electron chi connectivity index (χ0n) is 9.82. The Morgan fingerprint density at radius 2 is 2.07 bits per heavy atom. The molecule has 0 bridgehead atoms. The monoisotopic (exact) mass is 207 g/mol. The summed E-state index contributed by atoms with van der Waals surface area (Å²) in [4.78, 5) is 4.14. The van der Waals surface area contributed by atoms with Crippen molar-refractivity contribution in [2.24, 2.45) is 15.5 Å². The SMILES string of the molecule is CC1(C)CCCC2C=NC=NN2CCC1. The van der Waals surface area contributed by atoms with Crippen LogP contribution in [-0.2, 0) is 0 Å². The largest absolute Gasteiger partial charge is 0.287 e. The van der Waals surface area contributed by atoms with Crippen molar-refractivity contribution in [3.63, 3.8) is 0 Å². The van der Waals surface area contributed by atoms with Crippen molar-refractivity contribution in [1.82, 2.24) is 5.01 Å². The summed E-state index contributed by atoms with van der Waals surface area (Å²) in [5.74, 6) is 0. The van der Waals surface area contributed by atoms with Gasteiger partial charge in [-0.15, -0.1) is 0 Å². The van der Waals surface area contributed by atoms with Crippen LogP contribution in [-0.4, -0.2) is 30.1 Å². The van der Waals surface area contributed by atoms with E-state index in [1.54, 1.807) is 6.34 Å². The first-order valence-corrected chi connectivity index (χ1v) is 6.00. The molecule has 84 valence electrons. The minimum Gasteiger partial charge on any atom is -0.287 e. The fourth-order valence-electron chi connectivity index (χ4n) is 2.48. The normalized spacial score (nSPS) is 30.3. The highest BCUT2D eigenvalue weighted by atomic mass is 15.5. The van der Waals surface area contributed by atoms with Crippen molar-refractivity contribution in [3.05, 3.63) is 0 Å². The first-order valence-electron chi connectivity index (χ1n) is 6.00. The van der Waals surface area contributed by atoms with Crippen molar-refractivity contribution in [1.29, 1.82) is 0 Å². The molecule has 0 amide bonds. The molecule has 3 nitrogen and oxygen atoms in total. The molecule has 0 aromatic heterocycles. The van der Waals surface area contributed by atoms with E-state index in [1.807, 2.05) is 6.21 Å². The summed E-state index contributed by atoms with van der Waals surface area (Å²) < 4.78 is 0. The Kier molecular flexibility index (Phi) is 3.08. The predicted octanol–water partition coefficient (Wildman–Crippen LogP) is 2.68. The molecule has 0 saturated carbocycles. The first kappa shape index (κ1) is 10.7. The Bertz CT molecular complexity index is 242. The van der Waals surface area contributed by atoms with E-state index < -0.39 is 0 Å². The van der Waals surface area contributed by atoms with Crippen LogP contribution in [0.2, 0.25) is 0 Å². The van der Waals surface area contributed by atoms with Gasteiger partial charge in [0, 0.05) is 12.8 Å². The lowest BCUT2D eigenvalue weighted by Crippen LogP contribution is -2.34. The molecule has 2 aliphatic heterocycles. The van der Waals surface area contributed by atoms with Gasteiger partial charge in [0.2, 0.25) is 0 Å². The van der Waals surface area contributed by atoms with Crippen LogP contribution < -0.4 is 0 Å². The molecule has 1 unspecified atom stereocenters. The number of nitrogens with zero attached hydrogens (tertiary/aromatic N) is 3. The summed E-state index contributed by atoms with van der Waals surface area (Å²) in [6.07, 6.45) is 10.1. The summed E-state index contributed by atoms with van der Waals surface area (Å²) >= 11 is 0. The zero-order valence-corrected chi connectivity index (χ0v) is 9.82. The third-order valence-electron chi connectivity index (χ3n) is 3.50. The molecule has 0 aromatic rings. The second kappa shape index (κ2) is 4.33. The second-order valence-electron chi connectivity index (χ2n) is 5.42. The van der Waals surface area contributed by atoms with Gasteiger partial charge in [-0.2, -0.15) is 5.10 Å². The van der Waals surface area contributed by atoms with Crippen molar-refractivity contribution in [2.45, 2.75) is 52.0 Å². The van der Waals surface area contributed by atoms with Gasteiger partial charge in [0.25, 0.3) is 0 Å². The van der Waals surface area contributed by atoms with E-state index in [9.17, 15) is 0 Å². The molecule has 1 saturated heterocycles. The zero-order chi connectivity index (χ0) is 10.7. The summed E-state index contributed by atoms with van der Waals surface area (Å²) in [5.41, 5.74) is 0.509. The first-order chi connectivity index (χ1) is 7.17. The van der Waals surface area contributed by atoms with E-state index in [4.69, 9.17) is 0 Å². The fourth-order valence-corrected chi connectivity index (χ4v) is 2.48. The third-order valence-corrected chi connectivity index (χ3v) is 3.50. The van der Waals surface area contributed by atoms with Crippen LogP contribution >= 0.6 is 0 Å². The van der Waals surface area contributed by atoms with Crippen molar-refractivity contribution in [3.8, 4) is 0 Å². The van der Waals surface area contributed by atoms with Gasteiger partial charge in [-0.1, -0.05) is 20.3 Å². The highest BCUT2D eigenvalue weighted by molar-refractivity contribution is 5.77. The standard InChI is InChI=1S/C12H21N3/c1-12(2)6-3-5-11-9-13-10-14-15(11)8-4-7-12/h9-11H,3-8H2,1-2H3. The molecule has 2 heterocycles. The fraction of sp³-hybridized carbons (Fsp3) is 0.833. The summed E-state index contributed by atoms with van der Waals surface area (Å²) in [6, 6.07) is 0.448. The lowest BCUT2D eigenvalue weighted by atomic mass is 9.83. The molecule has 3 heteroatoms. The van der Waals surface area contributed by atoms with Crippen LogP contribution in [0.5, 0.6) is 0 Å². The minimum absolute atomic E-state index is 0.448. The van der Waals surface area contributed by atoms with Gasteiger partial charge in [-0.25, -0.2) is 4.99 Å². The van der Waals surface area contributed by atoms with Crippen LogP contribution in [0.1, 0.15) is 46.0 Å². The topological polar surface area (TPSA) is 28.0 Å². The van der Waals surface area contributed by atoms with Crippen molar-refractivity contribution < 1.29 is 0 Å². The molecule has 0 spiro atoms. The Morgan fingerprint density at radius 3 is 2.93 bits per heavy atom. The average Bonchev–Trinajstić information content (AvgIpc) is 2.25. The van der Waals surface area contributed by atoms with E-state index in [0.29, 0.717) is 11.5 Å². The van der Waals surface area contributed by atoms with Crippen molar-refractivity contribution in [2.75, 3.05) is 6.54 Å². The minimum atomic E-state index is 0.448. The Balaban J connectivity index is 2.01. The highest BCUT2D eigenvalue weighted by Crippen LogP contribution is 2.31. The van der Waals surface area contributed by atoms with Crippen LogP contribution in [0.4, 0.5) is 0 Å². The van der Waals surface area contributed by atoms with E-state index in [1.165, 1.54) is 32.1 Å². The lowest BCUT2D eigenvalue weighted by Gasteiger charge is -2.27. The van der Waals surface area contributed by atoms with Crippen LogP contribution in [0, 0.1) is 5.41 Å². The van der Waals surface area contributed by atoms with Gasteiger partial charge in [0.15, 0.2) is 0 Å². The van der Waals surface area contributed by atoms with E-state index in [2.05, 4.69) is 29.0 Å². The molecule has 0 aliphatic carbocycles. The lowest BCUT2D eigenvalue weighted by molar-refractivity contribution is 0.239.